The third-order valence-corrected chi connectivity index (χ3v) is 7.78. The fourth-order valence-electron chi connectivity index (χ4n) is 3.91. The zero-order valence-corrected chi connectivity index (χ0v) is 28.2. The molecule has 1 unspecified atom stereocenters. The van der Waals surface area contributed by atoms with Crippen molar-refractivity contribution in [2.75, 3.05) is 6.61 Å². The van der Waals surface area contributed by atoms with E-state index in [9.17, 15) is 13.6 Å². The Morgan fingerprint density at radius 1 is 0.953 bits per heavy atom. The van der Waals surface area contributed by atoms with Gasteiger partial charge in [-0.15, -0.1) is 22.7 Å². The van der Waals surface area contributed by atoms with E-state index in [2.05, 4.69) is 9.97 Å². The van der Waals surface area contributed by atoms with Gasteiger partial charge in [0, 0.05) is 32.2 Å². The van der Waals surface area contributed by atoms with Crippen LogP contribution in [0.5, 0.6) is 0 Å². The Hall–Kier alpha value is -2.03. The Morgan fingerprint density at radius 3 is 1.84 bits per heavy atom. The maximum absolute atomic E-state index is 13.6. The molecule has 1 aliphatic rings. The van der Waals surface area contributed by atoms with Crippen LogP contribution in [0.4, 0.5) is 8.78 Å². The van der Waals surface area contributed by atoms with Gasteiger partial charge in [0.05, 0.1) is 33.6 Å². The van der Waals surface area contributed by atoms with Crippen molar-refractivity contribution in [2.45, 2.75) is 65.3 Å². The molecule has 3 heterocycles. The number of carboxylic acid groups (broad SMARTS) is 1. The number of benzene rings is 2. The molecule has 43 heavy (non-hydrogen) atoms. The first-order chi connectivity index (χ1) is 19.6. The summed E-state index contributed by atoms with van der Waals surface area (Å²) in [6.45, 7) is 4.50. The van der Waals surface area contributed by atoms with Crippen LogP contribution < -0.4 is 29.6 Å². The van der Waals surface area contributed by atoms with Crippen LogP contribution in [0.25, 0.3) is 0 Å². The van der Waals surface area contributed by atoms with Gasteiger partial charge in [-0.3, -0.25) is 0 Å². The van der Waals surface area contributed by atoms with Gasteiger partial charge in [-0.1, -0.05) is 18.2 Å². The van der Waals surface area contributed by atoms with E-state index in [0.29, 0.717) is 36.0 Å². The van der Waals surface area contributed by atoms with E-state index in [4.69, 9.17) is 20.1 Å². The molecule has 2 aromatic carbocycles. The largest absolute Gasteiger partial charge is 1.00 e. The minimum Gasteiger partial charge on any atom is -1.00 e. The monoisotopic (exact) mass is 639 g/mol. The van der Waals surface area contributed by atoms with Crippen molar-refractivity contribution >= 4 is 37.1 Å². The molecule has 0 spiro atoms. The molecule has 4 aromatic rings. The van der Waals surface area contributed by atoms with Crippen LogP contribution in [0.2, 0.25) is 0 Å². The Kier molecular flexibility index (Phi) is 18.2. The third kappa shape index (κ3) is 13.7. The average molecular weight is 640 g/mol. The number of hydrogen-bond donors (Lipinski definition) is 3. The second-order valence-electron chi connectivity index (χ2n) is 9.38. The quantitative estimate of drug-likeness (QED) is 0.254. The molecule has 3 radical (unpaired) electrons. The number of carboxylic acids is 1. The van der Waals surface area contributed by atoms with Crippen LogP contribution in [-0.2, 0) is 37.0 Å². The van der Waals surface area contributed by atoms with Gasteiger partial charge in [0.25, 0.3) is 0 Å². The van der Waals surface area contributed by atoms with Crippen molar-refractivity contribution in [3.8, 4) is 0 Å². The van der Waals surface area contributed by atoms with Gasteiger partial charge >= 0.3 is 35.5 Å². The predicted octanol–water partition coefficient (Wildman–Crippen LogP) is 2.79. The van der Waals surface area contributed by atoms with Gasteiger partial charge < -0.3 is 21.5 Å². The molecule has 1 fully saturated rings. The summed E-state index contributed by atoms with van der Waals surface area (Å²) in [5.74, 6) is -1.83. The van der Waals surface area contributed by atoms with E-state index in [-0.39, 0.29) is 57.4 Å². The SMILES string of the molecule is Cc1nc(CCc2ccc(C(=O)O)cc2F)cs1.Cc1nc(CCc2ccc(CO)cc2F)cs1.OC1CCCO1.[B].[H-].[Na+]. The van der Waals surface area contributed by atoms with Crippen molar-refractivity contribution in [1.82, 2.24) is 9.97 Å². The van der Waals surface area contributed by atoms with Crippen LogP contribution in [0.15, 0.2) is 47.2 Å². The zero-order chi connectivity index (χ0) is 29.8. The molecule has 13 heteroatoms. The first kappa shape index (κ1) is 39.0. The van der Waals surface area contributed by atoms with Crippen molar-refractivity contribution in [3.63, 3.8) is 0 Å². The second-order valence-corrected chi connectivity index (χ2v) is 11.5. The summed E-state index contributed by atoms with van der Waals surface area (Å²) < 4.78 is 32.0. The number of thiazole rings is 2. The van der Waals surface area contributed by atoms with Gasteiger partial charge in [0.15, 0.2) is 6.29 Å². The van der Waals surface area contributed by atoms with Crippen molar-refractivity contribution in [3.05, 3.63) is 102 Å². The number of nitrogens with zero attached hydrogens (tertiary/aromatic N) is 2. The first-order valence-electron chi connectivity index (χ1n) is 13.2. The molecule has 0 saturated carbocycles. The molecule has 3 N–H and O–H groups in total. The summed E-state index contributed by atoms with van der Waals surface area (Å²) in [4.78, 5) is 19.3. The second kappa shape index (κ2) is 20.1. The van der Waals surface area contributed by atoms with Crippen molar-refractivity contribution in [2.24, 2.45) is 0 Å². The third-order valence-electron chi connectivity index (χ3n) is 6.14. The molecule has 1 saturated heterocycles. The van der Waals surface area contributed by atoms with Gasteiger partial charge in [-0.25, -0.2) is 23.5 Å². The molecule has 7 nitrogen and oxygen atoms in total. The molecule has 2 aromatic heterocycles. The fourth-order valence-corrected chi connectivity index (χ4v) is 5.20. The Morgan fingerprint density at radius 2 is 1.49 bits per heavy atom. The van der Waals surface area contributed by atoms with E-state index in [1.807, 2.05) is 24.6 Å². The maximum atomic E-state index is 13.6. The minimum absolute atomic E-state index is 0. The van der Waals surface area contributed by atoms with Crippen molar-refractivity contribution in [1.29, 1.82) is 0 Å². The number of halogens is 2. The van der Waals surface area contributed by atoms with Crippen LogP contribution in [0.3, 0.4) is 0 Å². The number of aliphatic hydroxyl groups excluding tert-OH is 2. The number of ether oxygens (including phenoxy) is 1. The smallest absolute Gasteiger partial charge is 1.00 e. The van der Waals surface area contributed by atoms with Crippen molar-refractivity contribution < 1.29 is 64.6 Å². The van der Waals surface area contributed by atoms with Crippen LogP contribution >= 0.6 is 22.7 Å². The number of aliphatic hydroxyl groups is 2. The molecule has 0 amide bonds. The number of aromatic nitrogens is 2. The molecular weight excluding hydrogens is 604 g/mol. The molecule has 0 aliphatic carbocycles. The van der Waals surface area contributed by atoms with Gasteiger partial charge in [-0.05, 0) is 80.8 Å². The number of carbonyl (C=O) groups is 1. The summed E-state index contributed by atoms with van der Waals surface area (Å²) in [7, 11) is 0. The van der Waals surface area contributed by atoms with E-state index < -0.39 is 18.1 Å². The van der Waals surface area contributed by atoms with Gasteiger partial charge in [0.1, 0.15) is 11.6 Å². The zero-order valence-electron chi connectivity index (χ0n) is 25.6. The molecular formula is C30H35BF2N2NaO5S2. The number of aryl methyl sites for hydroxylation is 6. The summed E-state index contributed by atoms with van der Waals surface area (Å²) >= 11 is 3.18. The number of rotatable bonds is 8. The van der Waals surface area contributed by atoms with Crippen LogP contribution in [0, 0.1) is 25.5 Å². The summed E-state index contributed by atoms with van der Waals surface area (Å²) in [5.41, 5.74) is 3.73. The average Bonchev–Trinajstić information content (AvgIpc) is 3.70. The predicted molar refractivity (Wildman–Crippen MR) is 162 cm³/mol. The van der Waals surface area contributed by atoms with E-state index in [0.717, 1.165) is 53.3 Å². The summed E-state index contributed by atoms with van der Waals surface area (Å²) in [6.07, 6.45) is 3.95. The maximum Gasteiger partial charge on any atom is 1.00 e. The van der Waals surface area contributed by atoms with E-state index in [1.165, 1.54) is 18.2 Å². The van der Waals surface area contributed by atoms with Gasteiger partial charge in [0.2, 0.25) is 0 Å². The standard InChI is InChI=1S/C13H12FNO2S.C13H14FNOS.C4H8O2.B.Na.H/c1-8-15-11(7-18-8)5-4-9-2-3-10(13(16)17)6-12(9)14;1-9-15-12(8-17-9)5-4-11-3-2-10(7-16)6-13(11)14;5-4-2-1-3-6-4;;;/h2-3,6-7H,4-5H2,1H3,(H,16,17);2-3,6,8,16H,4-5,7H2,1H3;4-5H,1-3H2;;;/q;;;;+1;-1. The summed E-state index contributed by atoms with van der Waals surface area (Å²) in [6, 6.07) is 8.89. The number of hydrogen-bond acceptors (Lipinski definition) is 8. The van der Waals surface area contributed by atoms with E-state index in [1.54, 1.807) is 34.8 Å². The molecule has 225 valence electrons. The van der Waals surface area contributed by atoms with E-state index >= 15 is 0 Å². The topological polar surface area (TPSA) is 113 Å². The Bertz CT molecular complexity index is 1420. The first-order valence-corrected chi connectivity index (χ1v) is 14.9. The molecule has 1 aliphatic heterocycles. The normalized spacial score (nSPS) is 13.5. The van der Waals surface area contributed by atoms with Crippen LogP contribution in [-0.4, -0.2) is 52.6 Å². The molecule has 0 bridgehead atoms. The molecule has 5 rings (SSSR count). The van der Waals surface area contributed by atoms with Crippen LogP contribution in [0.1, 0.15) is 62.7 Å². The molecule has 1 atom stereocenters. The Balaban J connectivity index is 0.000000669. The summed E-state index contributed by atoms with van der Waals surface area (Å²) in [5, 5.41) is 32.1. The minimum atomic E-state index is -1.12. The Labute approximate surface area is 284 Å². The van der Waals surface area contributed by atoms with Gasteiger partial charge in [-0.2, -0.15) is 0 Å². The number of aromatic carboxylic acids is 1. The fraction of sp³-hybridized carbons (Fsp3) is 0.367.